The molecule has 0 bridgehead atoms. The maximum Gasteiger partial charge on any atom is 0.145 e. The minimum Gasteiger partial charge on any atom is -0.455 e. The highest BCUT2D eigenvalue weighted by Crippen LogP contribution is 2.50. The molecule has 276 valence electrons. The number of nitrogens with zero attached hydrogens (tertiary/aromatic N) is 2. The first-order valence-electron chi connectivity index (χ1n) is 20.2. The molecule has 12 rings (SSSR count). The zero-order chi connectivity index (χ0) is 38.9. The fraction of sp³-hybridized carbons (Fsp3) is 0. The molecule has 0 aliphatic carbocycles. The van der Waals surface area contributed by atoms with Gasteiger partial charge < -0.3 is 13.9 Å². The molecule has 3 heteroatoms. The molecule has 59 heavy (non-hydrogen) atoms. The molecule has 0 saturated heterocycles. The first-order valence-corrected chi connectivity index (χ1v) is 20.2. The topological polar surface area (TPSA) is 21.3 Å². The van der Waals surface area contributed by atoms with Crippen molar-refractivity contribution < 1.29 is 4.42 Å². The van der Waals surface area contributed by atoms with E-state index in [-0.39, 0.29) is 0 Å². The van der Waals surface area contributed by atoms with Crippen molar-refractivity contribution in [2.75, 3.05) is 4.90 Å². The van der Waals surface area contributed by atoms with E-state index in [1.807, 2.05) is 0 Å². The minimum absolute atomic E-state index is 0.859. The first kappa shape index (κ1) is 33.3. The van der Waals surface area contributed by atoms with E-state index in [2.05, 4.69) is 228 Å². The molecule has 12 aromatic rings. The summed E-state index contributed by atoms with van der Waals surface area (Å²) in [5.41, 5.74) is 12.9. The second-order valence-corrected chi connectivity index (χ2v) is 15.2. The van der Waals surface area contributed by atoms with Crippen molar-refractivity contribution in [3.05, 3.63) is 218 Å². The molecule has 0 aliphatic rings. The van der Waals surface area contributed by atoms with Crippen LogP contribution in [0.5, 0.6) is 0 Å². The Bertz CT molecular complexity index is 3540. The summed E-state index contributed by atoms with van der Waals surface area (Å²) < 4.78 is 9.39. The summed E-state index contributed by atoms with van der Waals surface area (Å²) in [5, 5.41) is 9.40. The van der Waals surface area contributed by atoms with Crippen LogP contribution >= 0.6 is 0 Å². The normalized spacial score (nSPS) is 11.7. The highest BCUT2D eigenvalue weighted by molar-refractivity contribution is 6.22. The van der Waals surface area contributed by atoms with Crippen molar-refractivity contribution in [2.45, 2.75) is 0 Å². The van der Waals surface area contributed by atoms with E-state index in [1.54, 1.807) is 0 Å². The Morgan fingerprint density at radius 3 is 1.81 bits per heavy atom. The minimum atomic E-state index is 0.859. The molecule has 0 saturated carbocycles. The smallest absolute Gasteiger partial charge is 0.145 e. The molecule has 0 N–H and O–H groups in total. The van der Waals surface area contributed by atoms with Crippen LogP contribution in [0.25, 0.3) is 93.2 Å². The maximum absolute atomic E-state index is 6.96. The summed E-state index contributed by atoms with van der Waals surface area (Å²) >= 11 is 0. The average Bonchev–Trinajstić information content (AvgIpc) is 3.87. The third-order valence-corrected chi connectivity index (χ3v) is 12.0. The molecular formula is C56H36N2O. The Balaban J connectivity index is 1.19. The van der Waals surface area contributed by atoms with Gasteiger partial charge in [0.1, 0.15) is 11.2 Å². The summed E-state index contributed by atoms with van der Waals surface area (Å²) in [5.74, 6) is 0. The number of rotatable bonds is 6. The van der Waals surface area contributed by atoms with Gasteiger partial charge in [-0.3, -0.25) is 0 Å². The maximum atomic E-state index is 6.96. The predicted octanol–water partition coefficient (Wildman–Crippen LogP) is 15.8. The first-order chi connectivity index (χ1) is 29.3. The molecule has 0 radical (unpaired) electrons. The lowest BCUT2D eigenvalue weighted by molar-refractivity contribution is 0.670. The zero-order valence-corrected chi connectivity index (χ0v) is 32.1. The van der Waals surface area contributed by atoms with Crippen molar-refractivity contribution in [1.29, 1.82) is 0 Å². The van der Waals surface area contributed by atoms with Gasteiger partial charge in [-0.15, -0.1) is 0 Å². The summed E-state index contributed by atoms with van der Waals surface area (Å²) in [4.78, 5) is 2.49. The summed E-state index contributed by atoms with van der Waals surface area (Å²) in [6.07, 6.45) is 0. The molecule has 0 unspecified atom stereocenters. The van der Waals surface area contributed by atoms with Gasteiger partial charge in [-0.2, -0.15) is 0 Å². The monoisotopic (exact) mass is 752 g/mol. The fourth-order valence-corrected chi connectivity index (χ4v) is 9.33. The van der Waals surface area contributed by atoms with Gasteiger partial charge >= 0.3 is 0 Å². The van der Waals surface area contributed by atoms with Gasteiger partial charge in [0.2, 0.25) is 0 Å². The van der Waals surface area contributed by atoms with E-state index in [0.29, 0.717) is 0 Å². The van der Waals surface area contributed by atoms with Gasteiger partial charge in [0.15, 0.2) is 0 Å². The molecule has 3 nitrogen and oxygen atoms in total. The average molecular weight is 753 g/mol. The van der Waals surface area contributed by atoms with E-state index in [0.717, 1.165) is 61.3 Å². The van der Waals surface area contributed by atoms with Crippen LogP contribution in [0.4, 0.5) is 17.1 Å². The highest BCUT2D eigenvalue weighted by Gasteiger charge is 2.27. The molecule has 2 aromatic heterocycles. The number of anilines is 3. The number of para-hydroxylation sites is 4. The Hall–Kier alpha value is -7.88. The standard InChI is InChI=1S/C56H36N2O/c1-3-15-37(16-4-1)38-29-31-40(32-30-38)43-35-36-51(54-48-22-10-12-28-53(48)59-56(43)54)58(50-26-13-23-44-42-20-8-7-17-39(42)33-34-46(44)50)52-27-14-24-47-45-21-9-11-25-49(45)57(55(47)52)41-18-5-2-6-19-41/h1-36H. The number of hydrogen-bond acceptors (Lipinski definition) is 2. The van der Waals surface area contributed by atoms with E-state index < -0.39 is 0 Å². The predicted molar refractivity (Wildman–Crippen MR) is 249 cm³/mol. The Kier molecular flexibility index (Phi) is 7.54. The number of aromatic nitrogens is 1. The molecule has 0 atom stereocenters. The third-order valence-electron chi connectivity index (χ3n) is 12.0. The Labute approximate surface area is 341 Å². The quantitative estimate of drug-likeness (QED) is 0.158. The SMILES string of the molecule is c1ccc(-c2ccc(-c3ccc(N(c4cccc5c4ccc4ccccc45)c4cccc5c6ccccc6n(-c6ccccc6)c45)c4c3oc3ccccc34)cc2)cc1. The third kappa shape index (κ3) is 5.22. The lowest BCUT2D eigenvalue weighted by Gasteiger charge is -2.29. The lowest BCUT2D eigenvalue weighted by atomic mass is 9.96. The number of benzene rings is 10. The Morgan fingerprint density at radius 2 is 0.983 bits per heavy atom. The lowest BCUT2D eigenvalue weighted by Crippen LogP contribution is -2.13. The van der Waals surface area contributed by atoms with Crippen molar-refractivity contribution in [1.82, 2.24) is 4.57 Å². The van der Waals surface area contributed by atoms with Crippen LogP contribution in [0.15, 0.2) is 223 Å². The van der Waals surface area contributed by atoms with Crippen LogP contribution in [-0.2, 0) is 0 Å². The van der Waals surface area contributed by atoms with Crippen molar-refractivity contribution >= 4 is 82.4 Å². The van der Waals surface area contributed by atoms with Crippen molar-refractivity contribution in [2.24, 2.45) is 0 Å². The van der Waals surface area contributed by atoms with Gasteiger partial charge in [0.05, 0.1) is 33.5 Å². The molecule has 0 amide bonds. The molecule has 10 aromatic carbocycles. The van der Waals surface area contributed by atoms with Crippen LogP contribution in [0.3, 0.4) is 0 Å². The highest BCUT2D eigenvalue weighted by atomic mass is 16.3. The van der Waals surface area contributed by atoms with Crippen LogP contribution in [-0.4, -0.2) is 4.57 Å². The van der Waals surface area contributed by atoms with Gasteiger partial charge in [-0.05, 0) is 81.4 Å². The van der Waals surface area contributed by atoms with Gasteiger partial charge in [0.25, 0.3) is 0 Å². The van der Waals surface area contributed by atoms with Crippen LogP contribution in [0.1, 0.15) is 0 Å². The number of furan rings is 1. The van der Waals surface area contributed by atoms with Crippen molar-refractivity contribution in [3.8, 4) is 27.9 Å². The second kappa shape index (κ2) is 13.4. The van der Waals surface area contributed by atoms with E-state index in [4.69, 9.17) is 4.42 Å². The summed E-state index contributed by atoms with van der Waals surface area (Å²) in [7, 11) is 0. The van der Waals surface area contributed by atoms with E-state index in [1.165, 1.54) is 49.0 Å². The zero-order valence-electron chi connectivity index (χ0n) is 32.1. The van der Waals surface area contributed by atoms with Crippen LogP contribution in [0.2, 0.25) is 0 Å². The molecule has 0 fully saturated rings. The second-order valence-electron chi connectivity index (χ2n) is 15.2. The number of hydrogen-bond donors (Lipinski definition) is 0. The Morgan fingerprint density at radius 1 is 0.356 bits per heavy atom. The van der Waals surface area contributed by atoms with E-state index >= 15 is 0 Å². The largest absolute Gasteiger partial charge is 0.455 e. The van der Waals surface area contributed by atoms with Gasteiger partial charge in [-0.25, -0.2) is 0 Å². The van der Waals surface area contributed by atoms with Gasteiger partial charge in [0, 0.05) is 32.8 Å². The van der Waals surface area contributed by atoms with Gasteiger partial charge in [-0.1, -0.05) is 170 Å². The van der Waals surface area contributed by atoms with E-state index in [9.17, 15) is 0 Å². The molecular weight excluding hydrogens is 717 g/mol. The summed E-state index contributed by atoms with van der Waals surface area (Å²) in [6, 6.07) is 78.7. The molecule has 2 heterocycles. The molecule has 0 aliphatic heterocycles. The summed E-state index contributed by atoms with van der Waals surface area (Å²) in [6.45, 7) is 0. The van der Waals surface area contributed by atoms with Crippen LogP contribution < -0.4 is 4.90 Å². The molecule has 0 spiro atoms. The number of fused-ring (bicyclic) bond motifs is 9. The van der Waals surface area contributed by atoms with Crippen molar-refractivity contribution in [3.63, 3.8) is 0 Å². The fourth-order valence-electron chi connectivity index (χ4n) is 9.33. The van der Waals surface area contributed by atoms with Crippen LogP contribution in [0, 0.1) is 0 Å².